The van der Waals surface area contributed by atoms with Gasteiger partial charge in [-0.25, -0.2) is 0 Å². The van der Waals surface area contributed by atoms with Crippen molar-refractivity contribution < 1.29 is 4.74 Å². The first-order chi connectivity index (χ1) is 6.22. The Morgan fingerprint density at radius 1 is 1.54 bits per heavy atom. The van der Waals surface area contributed by atoms with Crippen LogP contribution in [0.15, 0.2) is 12.1 Å². The van der Waals surface area contributed by atoms with Crippen LogP contribution in [-0.4, -0.2) is 7.11 Å². The molecule has 0 atom stereocenters. The summed E-state index contributed by atoms with van der Waals surface area (Å²) in [5, 5.41) is 8.81. The second-order valence-electron chi connectivity index (χ2n) is 2.78. The van der Waals surface area contributed by atoms with Crippen molar-refractivity contribution in [2.45, 2.75) is 13.5 Å². The number of hydrogen-bond donors (Lipinski definition) is 1. The van der Waals surface area contributed by atoms with Gasteiger partial charge in [-0.15, -0.1) is 0 Å². The summed E-state index contributed by atoms with van der Waals surface area (Å²) >= 11 is 0. The highest BCUT2D eigenvalue weighted by molar-refractivity contribution is 5.47. The number of nitrogens with zero attached hydrogens (tertiary/aromatic N) is 1. The Labute approximate surface area is 77.7 Å². The van der Waals surface area contributed by atoms with Crippen molar-refractivity contribution in [3.8, 4) is 11.8 Å². The van der Waals surface area contributed by atoms with E-state index in [1.807, 2.05) is 13.0 Å². The summed E-state index contributed by atoms with van der Waals surface area (Å²) in [6.45, 7) is 2.32. The Morgan fingerprint density at radius 2 is 2.23 bits per heavy atom. The van der Waals surface area contributed by atoms with E-state index in [-0.39, 0.29) is 0 Å². The van der Waals surface area contributed by atoms with Gasteiger partial charge < -0.3 is 10.5 Å². The van der Waals surface area contributed by atoms with E-state index in [0.29, 0.717) is 17.9 Å². The molecule has 0 unspecified atom stereocenters. The molecular formula is C10H12N2O. The zero-order chi connectivity index (χ0) is 9.84. The molecule has 0 heterocycles. The molecule has 1 aromatic carbocycles. The van der Waals surface area contributed by atoms with E-state index in [9.17, 15) is 0 Å². The van der Waals surface area contributed by atoms with Crippen molar-refractivity contribution in [2.24, 2.45) is 5.73 Å². The molecule has 1 rings (SSSR count). The average Bonchev–Trinajstić information content (AvgIpc) is 2.18. The monoisotopic (exact) mass is 176 g/mol. The molecule has 2 N–H and O–H groups in total. The number of benzene rings is 1. The Balaban J connectivity index is 3.31. The maximum Gasteiger partial charge on any atom is 0.120 e. The zero-order valence-electron chi connectivity index (χ0n) is 7.79. The van der Waals surface area contributed by atoms with Crippen LogP contribution < -0.4 is 10.5 Å². The van der Waals surface area contributed by atoms with Crippen LogP contribution in [0.25, 0.3) is 0 Å². The first kappa shape index (κ1) is 9.56. The molecule has 0 bridgehead atoms. The normalized spacial score (nSPS) is 9.38. The lowest BCUT2D eigenvalue weighted by Crippen LogP contribution is -2.01. The SMILES string of the molecule is COc1cc(C#N)c(C)c(CN)c1. The topological polar surface area (TPSA) is 59.0 Å². The fourth-order valence-corrected chi connectivity index (χ4v) is 1.19. The van der Waals surface area contributed by atoms with Crippen molar-refractivity contribution >= 4 is 0 Å². The van der Waals surface area contributed by atoms with Gasteiger partial charge in [0.25, 0.3) is 0 Å². The van der Waals surface area contributed by atoms with Gasteiger partial charge in [-0.3, -0.25) is 0 Å². The summed E-state index contributed by atoms with van der Waals surface area (Å²) in [5.41, 5.74) is 8.05. The molecule has 0 aromatic heterocycles. The fourth-order valence-electron chi connectivity index (χ4n) is 1.19. The second kappa shape index (κ2) is 3.92. The van der Waals surface area contributed by atoms with Crippen molar-refractivity contribution in [3.05, 3.63) is 28.8 Å². The van der Waals surface area contributed by atoms with Crippen molar-refractivity contribution in [1.82, 2.24) is 0 Å². The van der Waals surface area contributed by atoms with Crippen LogP contribution in [0.3, 0.4) is 0 Å². The predicted molar refractivity (Wildman–Crippen MR) is 50.3 cm³/mol. The molecule has 13 heavy (non-hydrogen) atoms. The second-order valence-corrected chi connectivity index (χ2v) is 2.78. The number of methoxy groups -OCH3 is 1. The van der Waals surface area contributed by atoms with Crippen LogP contribution >= 0.6 is 0 Å². The Bertz CT molecular complexity index is 353. The average molecular weight is 176 g/mol. The lowest BCUT2D eigenvalue weighted by molar-refractivity contribution is 0.414. The van der Waals surface area contributed by atoms with Crippen molar-refractivity contribution in [2.75, 3.05) is 7.11 Å². The molecule has 0 aliphatic carbocycles. The Morgan fingerprint density at radius 3 is 2.69 bits per heavy atom. The molecule has 3 heteroatoms. The van der Waals surface area contributed by atoms with Crippen LogP contribution in [0, 0.1) is 18.3 Å². The highest BCUT2D eigenvalue weighted by atomic mass is 16.5. The maximum absolute atomic E-state index is 8.81. The van der Waals surface area contributed by atoms with Gasteiger partial charge in [-0.2, -0.15) is 5.26 Å². The van der Waals surface area contributed by atoms with Crippen LogP contribution in [0.5, 0.6) is 5.75 Å². The Hall–Kier alpha value is -1.53. The summed E-state index contributed by atoms with van der Waals surface area (Å²) in [4.78, 5) is 0. The van der Waals surface area contributed by atoms with Gasteiger partial charge >= 0.3 is 0 Å². The van der Waals surface area contributed by atoms with E-state index in [4.69, 9.17) is 15.7 Å². The number of nitriles is 1. The van der Waals surface area contributed by atoms with Gasteiger partial charge in [0, 0.05) is 6.54 Å². The van der Waals surface area contributed by atoms with Gasteiger partial charge in [-0.1, -0.05) is 0 Å². The number of rotatable bonds is 2. The van der Waals surface area contributed by atoms with Gasteiger partial charge in [0.05, 0.1) is 18.7 Å². The smallest absolute Gasteiger partial charge is 0.120 e. The largest absolute Gasteiger partial charge is 0.497 e. The third-order valence-corrected chi connectivity index (χ3v) is 2.06. The highest BCUT2D eigenvalue weighted by Gasteiger charge is 2.05. The van der Waals surface area contributed by atoms with Crippen LogP contribution in [-0.2, 0) is 6.54 Å². The minimum Gasteiger partial charge on any atom is -0.497 e. The maximum atomic E-state index is 8.81. The molecule has 0 radical (unpaired) electrons. The molecule has 0 aliphatic heterocycles. The summed E-state index contributed by atoms with van der Waals surface area (Å²) in [6.07, 6.45) is 0. The fraction of sp³-hybridized carbons (Fsp3) is 0.300. The molecular weight excluding hydrogens is 164 g/mol. The lowest BCUT2D eigenvalue weighted by Gasteiger charge is -2.07. The number of hydrogen-bond acceptors (Lipinski definition) is 3. The number of ether oxygens (including phenoxy) is 1. The molecule has 0 spiro atoms. The van der Waals surface area contributed by atoms with Gasteiger partial charge in [0.2, 0.25) is 0 Å². The molecule has 68 valence electrons. The highest BCUT2D eigenvalue weighted by Crippen LogP contribution is 2.20. The quantitative estimate of drug-likeness (QED) is 0.739. The van der Waals surface area contributed by atoms with E-state index < -0.39 is 0 Å². The molecule has 0 amide bonds. The zero-order valence-corrected chi connectivity index (χ0v) is 7.79. The predicted octanol–water partition coefficient (Wildman–Crippen LogP) is 1.33. The minimum absolute atomic E-state index is 0.428. The van der Waals surface area contributed by atoms with E-state index >= 15 is 0 Å². The first-order valence-corrected chi connectivity index (χ1v) is 4.00. The molecule has 1 aromatic rings. The summed E-state index contributed by atoms with van der Waals surface area (Å²) in [7, 11) is 1.58. The third kappa shape index (κ3) is 1.79. The van der Waals surface area contributed by atoms with E-state index in [0.717, 1.165) is 11.1 Å². The molecule has 0 saturated heterocycles. The summed E-state index contributed by atoms with van der Waals surface area (Å²) < 4.78 is 5.05. The van der Waals surface area contributed by atoms with Gasteiger partial charge in [0.1, 0.15) is 5.75 Å². The molecule has 3 nitrogen and oxygen atoms in total. The van der Waals surface area contributed by atoms with Crippen molar-refractivity contribution in [1.29, 1.82) is 5.26 Å². The molecule has 0 saturated carbocycles. The third-order valence-electron chi connectivity index (χ3n) is 2.06. The number of nitrogens with two attached hydrogens (primary N) is 1. The minimum atomic E-state index is 0.428. The van der Waals surface area contributed by atoms with Crippen LogP contribution in [0.1, 0.15) is 16.7 Å². The van der Waals surface area contributed by atoms with E-state index in [1.54, 1.807) is 13.2 Å². The van der Waals surface area contributed by atoms with Gasteiger partial charge in [0.15, 0.2) is 0 Å². The van der Waals surface area contributed by atoms with Crippen molar-refractivity contribution in [3.63, 3.8) is 0 Å². The standard InChI is InChI=1S/C10H12N2O/c1-7-8(5-11)3-10(13-2)4-9(7)6-12/h3-4H,5,11H2,1-2H3. The summed E-state index contributed by atoms with van der Waals surface area (Å²) in [5.74, 6) is 0.683. The first-order valence-electron chi connectivity index (χ1n) is 4.00. The molecule has 0 fully saturated rings. The molecule has 0 aliphatic rings. The lowest BCUT2D eigenvalue weighted by atomic mass is 10.0. The van der Waals surface area contributed by atoms with Gasteiger partial charge in [-0.05, 0) is 30.2 Å². The van der Waals surface area contributed by atoms with Crippen LogP contribution in [0.2, 0.25) is 0 Å². The van der Waals surface area contributed by atoms with E-state index in [1.165, 1.54) is 0 Å². The van der Waals surface area contributed by atoms with Crippen LogP contribution in [0.4, 0.5) is 0 Å². The van der Waals surface area contributed by atoms with E-state index in [2.05, 4.69) is 6.07 Å². The Kier molecular flexibility index (Phi) is 2.88. The summed E-state index contributed by atoms with van der Waals surface area (Å²) in [6, 6.07) is 5.68.